The lowest BCUT2D eigenvalue weighted by Crippen LogP contribution is -2.51. The molecule has 0 radical (unpaired) electrons. The van der Waals surface area contributed by atoms with E-state index in [9.17, 15) is 9.18 Å². The van der Waals surface area contributed by atoms with E-state index in [-0.39, 0.29) is 5.91 Å². The summed E-state index contributed by atoms with van der Waals surface area (Å²) in [5, 5.41) is 3.91. The minimum absolute atomic E-state index is 0.204. The zero-order valence-electron chi connectivity index (χ0n) is 18.8. The Morgan fingerprint density at radius 1 is 1.18 bits per heavy atom. The summed E-state index contributed by atoms with van der Waals surface area (Å²) in [6.45, 7) is 6.82. The van der Waals surface area contributed by atoms with Crippen molar-refractivity contribution in [2.45, 2.75) is 55.6 Å². The van der Waals surface area contributed by atoms with Crippen LogP contribution >= 0.6 is 11.8 Å². The molecule has 2 aliphatic heterocycles. The number of fused-ring (bicyclic) bond motifs is 2. The minimum Gasteiger partial charge on any atom is -0.492 e. The fourth-order valence-electron chi connectivity index (χ4n) is 4.79. The second-order valence-corrected chi connectivity index (χ2v) is 9.56. The number of anilines is 1. The summed E-state index contributed by atoms with van der Waals surface area (Å²) >= 11 is 1.05. The fraction of sp³-hybridized carbons (Fsp3) is 0.400. The second-order valence-electron chi connectivity index (χ2n) is 8.49. The molecule has 2 aliphatic rings. The standard InChI is InChI=1S/C25H30FN3O3S/c1-16(30)29-19-6-7-20(29)15-18(14-19)28-12-13-31-21-8-10-22(11-9-21)32-17(2)33-25-23(26)4-3-5-24(25)27/h3-5,8-11,18-20,28H,2,6-7,12-15,27H2,1H3/t18-,19-,20+. The van der Waals surface area contributed by atoms with Gasteiger partial charge in [-0.3, -0.25) is 4.79 Å². The molecule has 2 aromatic rings. The van der Waals surface area contributed by atoms with Gasteiger partial charge in [0, 0.05) is 37.3 Å². The number of amides is 1. The van der Waals surface area contributed by atoms with Crippen LogP contribution in [0.15, 0.2) is 59.0 Å². The van der Waals surface area contributed by atoms with Crippen LogP contribution < -0.4 is 20.5 Å². The van der Waals surface area contributed by atoms with Crippen molar-refractivity contribution in [3.63, 3.8) is 0 Å². The summed E-state index contributed by atoms with van der Waals surface area (Å²) in [5.41, 5.74) is 6.17. The van der Waals surface area contributed by atoms with Crippen LogP contribution in [0.1, 0.15) is 32.6 Å². The molecule has 0 aliphatic carbocycles. The molecule has 176 valence electrons. The number of carbonyl (C=O) groups is 1. The average molecular weight is 472 g/mol. The van der Waals surface area contributed by atoms with Gasteiger partial charge in [0.25, 0.3) is 0 Å². The van der Waals surface area contributed by atoms with Crippen LogP contribution in [0, 0.1) is 5.82 Å². The monoisotopic (exact) mass is 471 g/mol. The lowest BCUT2D eigenvalue weighted by molar-refractivity contribution is -0.133. The summed E-state index contributed by atoms with van der Waals surface area (Å²) in [6, 6.07) is 13.0. The fourth-order valence-corrected chi connectivity index (χ4v) is 5.51. The van der Waals surface area contributed by atoms with E-state index in [0.717, 1.165) is 49.7 Å². The Morgan fingerprint density at radius 2 is 1.85 bits per heavy atom. The second kappa shape index (κ2) is 10.5. The Labute approximate surface area is 198 Å². The van der Waals surface area contributed by atoms with Gasteiger partial charge in [-0.15, -0.1) is 0 Å². The van der Waals surface area contributed by atoms with Gasteiger partial charge in [-0.2, -0.15) is 0 Å². The van der Waals surface area contributed by atoms with Gasteiger partial charge in [-0.05, 0) is 80.4 Å². The third-order valence-corrected chi connectivity index (χ3v) is 7.12. The van der Waals surface area contributed by atoms with Crippen LogP contribution in [0.3, 0.4) is 0 Å². The quantitative estimate of drug-likeness (QED) is 0.242. The highest BCUT2D eigenvalue weighted by atomic mass is 32.2. The van der Waals surface area contributed by atoms with E-state index in [1.54, 1.807) is 31.2 Å². The first-order valence-electron chi connectivity index (χ1n) is 11.2. The molecule has 2 heterocycles. The van der Waals surface area contributed by atoms with Crippen LogP contribution in [-0.4, -0.2) is 42.1 Å². The third-order valence-electron chi connectivity index (χ3n) is 6.17. The van der Waals surface area contributed by atoms with Crippen molar-refractivity contribution < 1.29 is 18.7 Å². The van der Waals surface area contributed by atoms with Crippen molar-refractivity contribution in [2.75, 3.05) is 18.9 Å². The van der Waals surface area contributed by atoms with Gasteiger partial charge in [0.1, 0.15) is 23.9 Å². The molecule has 0 saturated carbocycles. The van der Waals surface area contributed by atoms with E-state index in [1.165, 1.54) is 6.07 Å². The summed E-state index contributed by atoms with van der Waals surface area (Å²) < 4.78 is 25.5. The molecular formula is C25H30FN3O3S. The SMILES string of the molecule is C=C(Oc1ccc(OCCN[C@@H]2C[C@H]3CC[C@@H](C2)N3C(C)=O)cc1)Sc1c(N)cccc1F. The summed E-state index contributed by atoms with van der Waals surface area (Å²) in [6.07, 6.45) is 4.27. The molecule has 3 N–H and O–H groups in total. The molecule has 0 aromatic heterocycles. The Kier molecular flexibility index (Phi) is 7.45. The molecule has 0 spiro atoms. The number of benzene rings is 2. The number of thioether (sulfide) groups is 1. The maximum absolute atomic E-state index is 13.9. The first-order valence-corrected chi connectivity index (χ1v) is 12.1. The molecule has 2 fully saturated rings. The van der Waals surface area contributed by atoms with Crippen molar-refractivity contribution >= 4 is 23.4 Å². The Morgan fingerprint density at radius 3 is 2.48 bits per heavy atom. The number of nitrogen functional groups attached to an aromatic ring is 1. The molecule has 33 heavy (non-hydrogen) atoms. The van der Waals surface area contributed by atoms with Gasteiger partial charge in [-0.1, -0.05) is 6.07 Å². The number of hydrogen-bond donors (Lipinski definition) is 2. The Hall–Kier alpha value is -2.71. The Balaban J connectivity index is 1.18. The Bertz CT molecular complexity index is 967. The third kappa shape index (κ3) is 5.81. The highest BCUT2D eigenvalue weighted by Gasteiger charge is 2.41. The zero-order chi connectivity index (χ0) is 23.4. The van der Waals surface area contributed by atoms with E-state index in [4.69, 9.17) is 15.2 Å². The molecule has 4 rings (SSSR count). The van der Waals surface area contributed by atoms with Crippen molar-refractivity contribution in [3.05, 3.63) is 60.0 Å². The summed E-state index contributed by atoms with van der Waals surface area (Å²) in [5.74, 6) is 1.13. The number of carbonyl (C=O) groups excluding carboxylic acids is 1. The van der Waals surface area contributed by atoms with E-state index < -0.39 is 5.82 Å². The number of piperidine rings is 1. The molecule has 6 nitrogen and oxygen atoms in total. The topological polar surface area (TPSA) is 76.8 Å². The van der Waals surface area contributed by atoms with Crippen molar-refractivity contribution in [1.82, 2.24) is 10.2 Å². The number of nitrogens with two attached hydrogens (primary N) is 1. The molecule has 3 atom stereocenters. The maximum Gasteiger partial charge on any atom is 0.219 e. The average Bonchev–Trinajstić information content (AvgIpc) is 3.06. The van der Waals surface area contributed by atoms with Crippen LogP contribution in [0.2, 0.25) is 0 Å². The molecule has 2 bridgehead atoms. The normalized spacial score (nSPS) is 21.6. The number of ether oxygens (including phenoxy) is 2. The number of rotatable bonds is 9. The summed E-state index contributed by atoms with van der Waals surface area (Å²) in [7, 11) is 0. The molecular weight excluding hydrogens is 441 g/mol. The smallest absolute Gasteiger partial charge is 0.219 e. The van der Waals surface area contributed by atoms with Crippen LogP contribution in [0.4, 0.5) is 10.1 Å². The van der Waals surface area contributed by atoms with E-state index in [2.05, 4.69) is 16.8 Å². The molecule has 2 aromatic carbocycles. The summed E-state index contributed by atoms with van der Waals surface area (Å²) in [4.78, 5) is 14.2. The van der Waals surface area contributed by atoms with E-state index in [1.807, 2.05) is 12.1 Å². The van der Waals surface area contributed by atoms with Gasteiger partial charge in [-0.25, -0.2) is 4.39 Å². The number of nitrogens with one attached hydrogen (secondary N) is 1. The lowest BCUT2D eigenvalue weighted by atomic mass is 9.97. The van der Waals surface area contributed by atoms with Gasteiger partial charge in [0.2, 0.25) is 5.91 Å². The predicted molar refractivity (Wildman–Crippen MR) is 129 cm³/mol. The van der Waals surface area contributed by atoms with E-state index >= 15 is 0 Å². The first kappa shape index (κ1) is 23.4. The number of hydrogen-bond acceptors (Lipinski definition) is 6. The number of nitrogens with zero attached hydrogens (tertiary/aromatic N) is 1. The maximum atomic E-state index is 13.9. The molecule has 8 heteroatoms. The predicted octanol–water partition coefficient (Wildman–Crippen LogP) is 4.56. The highest BCUT2D eigenvalue weighted by Crippen LogP contribution is 2.36. The van der Waals surface area contributed by atoms with Crippen molar-refractivity contribution in [3.8, 4) is 11.5 Å². The number of halogens is 1. The van der Waals surface area contributed by atoms with E-state index in [0.29, 0.717) is 46.2 Å². The minimum atomic E-state index is -0.404. The van der Waals surface area contributed by atoms with Crippen molar-refractivity contribution in [2.24, 2.45) is 0 Å². The zero-order valence-corrected chi connectivity index (χ0v) is 19.6. The molecule has 2 saturated heterocycles. The van der Waals surface area contributed by atoms with Gasteiger partial charge < -0.3 is 25.4 Å². The van der Waals surface area contributed by atoms with Crippen LogP contribution in [0.5, 0.6) is 11.5 Å². The van der Waals surface area contributed by atoms with Crippen LogP contribution in [-0.2, 0) is 4.79 Å². The largest absolute Gasteiger partial charge is 0.492 e. The first-order chi connectivity index (χ1) is 15.9. The van der Waals surface area contributed by atoms with Crippen LogP contribution in [0.25, 0.3) is 0 Å². The van der Waals surface area contributed by atoms with Crippen molar-refractivity contribution in [1.29, 1.82) is 0 Å². The highest BCUT2D eigenvalue weighted by molar-refractivity contribution is 8.03. The van der Waals surface area contributed by atoms with Gasteiger partial charge >= 0.3 is 0 Å². The molecule has 0 unspecified atom stereocenters. The molecule has 1 amide bonds. The van der Waals surface area contributed by atoms with Gasteiger partial charge in [0.15, 0.2) is 5.09 Å². The van der Waals surface area contributed by atoms with Gasteiger partial charge in [0.05, 0.1) is 4.90 Å². The lowest BCUT2D eigenvalue weighted by Gasteiger charge is -2.38.